The largest absolute Gasteiger partial charge is 0.310 e. The van der Waals surface area contributed by atoms with E-state index in [1.54, 1.807) is 0 Å². The number of hydrogen-bond donors (Lipinski definition) is 1. The average molecular weight is 309 g/mol. The zero-order valence-corrected chi connectivity index (χ0v) is 14.4. The number of benzene rings is 1. The Hall–Kier alpha value is -0.570. The molecule has 0 bridgehead atoms. The summed E-state index contributed by atoms with van der Waals surface area (Å²) in [4.78, 5) is 2.61. The highest BCUT2D eigenvalue weighted by molar-refractivity contribution is 6.30. The van der Waals surface area contributed by atoms with E-state index < -0.39 is 0 Å². The van der Waals surface area contributed by atoms with Crippen molar-refractivity contribution in [2.75, 3.05) is 26.2 Å². The Morgan fingerprint density at radius 1 is 1.29 bits per heavy atom. The van der Waals surface area contributed by atoms with Gasteiger partial charge in [-0.3, -0.25) is 0 Å². The van der Waals surface area contributed by atoms with Crippen molar-refractivity contribution in [2.24, 2.45) is 5.41 Å². The van der Waals surface area contributed by atoms with Gasteiger partial charge in [0.1, 0.15) is 0 Å². The zero-order valence-electron chi connectivity index (χ0n) is 13.7. The molecule has 1 heterocycles. The van der Waals surface area contributed by atoms with Gasteiger partial charge in [0.15, 0.2) is 0 Å². The number of halogens is 1. The average Bonchev–Trinajstić information content (AvgIpc) is 2.44. The molecular formula is C18H29ClN2. The van der Waals surface area contributed by atoms with Gasteiger partial charge in [-0.05, 0) is 68.6 Å². The number of likely N-dealkylation sites (tertiary alicyclic amines) is 1. The summed E-state index contributed by atoms with van der Waals surface area (Å²) in [6, 6.07) is 8.67. The van der Waals surface area contributed by atoms with Crippen molar-refractivity contribution < 1.29 is 0 Å². The summed E-state index contributed by atoms with van der Waals surface area (Å²) in [5.74, 6) is 0. The highest BCUT2D eigenvalue weighted by Gasteiger charge is 2.25. The van der Waals surface area contributed by atoms with Gasteiger partial charge in [0.05, 0.1) is 0 Å². The maximum absolute atomic E-state index is 6.13. The molecule has 1 aromatic rings. The van der Waals surface area contributed by atoms with Crippen LogP contribution in [0.4, 0.5) is 0 Å². The van der Waals surface area contributed by atoms with Gasteiger partial charge in [-0.25, -0.2) is 0 Å². The normalized spacial score (nSPS) is 20.4. The lowest BCUT2D eigenvalue weighted by Gasteiger charge is -2.37. The van der Waals surface area contributed by atoms with E-state index in [-0.39, 0.29) is 0 Å². The summed E-state index contributed by atoms with van der Waals surface area (Å²) >= 11 is 6.13. The van der Waals surface area contributed by atoms with E-state index in [0.717, 1.165) is 18.0 Å². The molecule has 0 radical (unpaired) electrons. The Kier molecular flexibility index (Phi) is 6.09. The van der Waals surface area contributed by atoms with E-state index in [9.17, 15) is 0 Å². The second-order valence-electron chi connectivity index (χ2n) is 6.96. The lowest BCUT2D eigenvalue weighted by atomic mass is 9.82. The van der Waals surface area contributed by atoms with Crippen molar-refractivity contribution >= 4 is 11.6 Å². The first-order chi connectivity index (χ1) is 10.00. The molecule has 0 amide bonds. The van der Waals surface area contributed by atoms with E-state index in [4.69, 9.17) is 11.6 Å². The highest BCUT2D eigenvalue weighted by atomic mass is 35.5. The number of piperidine rings is 1. The van der Waals surface area contributed by atoms with Crippen molar-refractivity contribution in [1.29, 1.82) is 0 Å². The van der Waals surface area contributed by atoms with E-state index in [2.05, 4.69) is 43.1 Å². The fourth-order valence-electron chi connectivity index (χ4n) is 3.05. The molecule has 1 aliphatic rings. The van der Waals surface area contributed by atoms with E-state index in [1.165, 1.54) is 38.0 Å². The van der Waals surface area contributed by atoms with E-state index in [1.807, 2.05) is 12.1 Å². The van der Waals surface area contributed by atoms with Gasteiger partial charge in [0, 0.05) is 11.1 Å². The Morgan fingerprint density at radius 3 is 2.62 bits per heavy atom. The number of nitrogens with zero attached hydrogens (tertiary/aromatic N) is 1. The molecule has 1 N–H and O–H groups in total. The molecule has 1 unspecified atom stereocenters. The third kappa shape index (κ3) is 5.28. The van der Waals surface area contributed by atoms with Crippen LogP contribution in [0.5, 0.6) is 0 Å². The summed E-state index contributed by atoms with van der Waals surface area (Å²) < 4.78 is 0. The Bertz CT molecular complexity index is 435. The SMILES string of the molecule is CCNC(CCN1CCC(C)(C)CC1)c1cccc(Cl)c1. The molecule has 1 aromatic carbocycles. The maximum atomic E-state index is 6.13. The van der Waals surface area contributed by atoms with Crippen LogP contribution in [0.2, 0.25) is 5.02 Å². The van der Waals surface area contributed by atoms with Crippen LogP contribution in [0.1, 0.15) is 51.6 Å². The number of rotatable bonds is 6. The molecule has 0 aliphatic carbocycles. The number of hydrogen-bond acceptors (Lipinski definition) is 2. The zero-order chi connectivity index (χ0) is 15.3. The third-order valence-electron chi connectivity index (χ3n) is 4.65. The number of nitrogens with one attached hydrogen (secondary N) is 1. The van der Waals surface area contributed by atoms with Crippen molar-refractivity contribution in [3.63, 3.8) is 0 Å². The van der Waals surface area contributed by atoms with Gasteiger partial charge in [-0.1, -0.05) is 44.5 Å². The van der Waals surface area contributed by atoms with Crippen LogP contribution in [-0.2, 0) is 0 Å². The van der Waals surface area contributed by atoms with Crippen LogP contribution in [0.15, 0.2) is 24.3 Å². The van der Waals surface area contributed by atoms with E-state index in [0.29, 0.717) is 11.5 Å². The lowest BCUT2D eigenvalue weighted by Crippen LogP contribution is -2.39. The van der Waals surface area contributed by atoms with Gasteiger partial charge >= 0.3 is 0 Å². The summed E-state index contributed by atoms with van der Waals surface area (Å²) in [6.45, 7) is 11.6. The van der Waals surface area contributed by atoms with Gasteiger partial charge < -0.3 is 10.2 Å². The van der Waals surface area contributed by atoms with E-state index >= 15 is 0 Å². The molecule has 21 heavy (non-hydrogen) atoms. The quantitative estimate of drug-likeness (QED) is 0.832. The van der Waals surface area contributed by atoms with Crippen LogP contribution in [0.3, 0.4) is 0 Å². The summed E-state index contributed by atoms with van der Waals surface area (Å²) in [5, 5.41) is 4.43. The Labute approximate surface area is 134 Å². The maximum Gasteiger partial charge on any atom is 0.0409 e. The topological polar surface area (TPSA) is 15.3 Å². The smallest absolute Gasteiger partial charge is 0.0409 e. The molecule has 1 saturated heterocycles. The first kappa shape index (κ1) is 16.8. The van der Waals surface area contributed by atoms with Crippen molar-refractivity contribution in [1.82, 2.24) is 10.2 Å². The summed E-state index contributed by atoms with van der Waals surface area (Å²) in [5.41, 5.74) is 1.84. The molecule has 2 rings (SSSR count). The minimum absolute atomic E-state index is 0.406. The fraction of sp³-hybridized carbons (Fsp3) is 0.667. The first-order valence-electron chi connectivity index (χ1n) is 8.21. The van der Waals surface area contributed by atoms with Crippen LogP contribution in [0, 0.1) is 5.41 Å². The molecule has 0 spiro atoms. The van der Waals surface area contributed by atoms with Crippen LogP contribution in [-0.4, -0.2) is 31.1 Å². The van der Waals surface area contributed by atoms with Gasteiger partial charge in [0.2, 0.25) is 0 Å². The van der Waals surface area contributed by atoms with Crippen molar-refractivity contribution in [3.05, 3.63) is 34.9 Å². The monoisotopic (exact) mass is 308 g/mol. The third-order valence-corrected chi connectivity index (χ3v) is 4.88. The van der Waals surface area contributed by atoms with Gasteiger partial charge in [0.25, 0.3) is 0 Å². The van der Waals surface area contributed by atoms with Crippen LogP contribution >= 0.6 is 11.6 Å². The second kappa shape index (κ2) is 7.62. The summed E-state index contributed by atoms with van der Waals surface area (Å²) in [7, 11) is 0. The highest BCUT2D eigenvalue weighted by Crippen LogP contribution is 2.30. The van der Waals surface area contributed by atoms with Crippen LogP contribution < -0.4 is 5.32 Å². The van der Waals surface area contributed by atoms with Gasteiger partial charge in [-0.2, -0.15) is 0 Å². The Balaban J connectivity index is 1.89. The molecule has 0 aromatic heterocycles. The van der Waals surface area contributed by atoms with Crippen molar-refractivity contribution in [2.45, 2.75) is 46.1 Å². The minimum atomic E-state index is 0.406. The summed E-state index contributed by atoms with van der Waals surface area (Å²) in [6.07, 6.45) is 3.78. The predicted octanol–water partition coefficient (Wildman–Crippen LogP) is 4.50. The standard InChI is InChI=1S/C18H29ClN2/c1-4-20-17(15-6-5-7-16(19)14-15)8-11-21-12-9-18(2,3)10-13-21/h5-7,14,17,20H,4,8-13H2,1-3H3. The molecule has 118 valence electrons. The second-order valence-corrected chi connectivity index (χ2v) is 7.40. The van der Waals surface area contributed by atoms with Crippen molar-refractivity contribution in [3.8, 4) is 0 Å². The van der Waals surface area contributed by atoms with Gasteiger partial charge in [-0.15, -0.1) is 0 Å². The minimum Gasteiger partial charge on any atom is -0.310 e. The lowest BCUT2D eigenvalue weighted by molar-refractivity contribution is 0.128. The molecular weight excluding hydrogens is 280 g/mol. The molecule has 3 heteroatoms. The Morgan fingerprint density at radius 2 is 2.00 bits per heavy atom. The first-order valence-corrected chi connectivity index (χ1v) is 8.59. The molecule has 1 fully saturated rings. The molecule has 1 atom stereocenters. The molecule has 1 aliphatic heterocycles. The molecule has 0 saturated carbocycles. The van der Waals surface area contributed by atoms with Crippen LogP contribution in [0.25, 0.3) is 0 Å². The predicted molar refractivity (Wildman–Crippen MR) is 91.9 cm³/mol. The fourth-order valence-corrected chi connectivity index (χ4v) is 3.25. The molecule has 2 nitrogen and oxygen atoms in total.